The van der Waals surface area contributed by atoms with E-state index in [4.69, 9.17) is 9.73 Å². The van der Waals surface area contributed by atoms with E-state index in [0.29, 0.717) is 38.1 Å². The van der Waals surface area contributed by atoms with E-state index < -0.39 is 11.9 Å². The third-order valence-electron chi connectivity index (χ3n) is 4.77. The zero-order chi connectivity index (χ0) is 22.2. The van der Waals surface area contributed by atoms with Crippen LogP contribution < -0.4 is 16.0 Å². The summed E-state index contributed by atoms with van der Waals surface area (Å²) in [5, 5.41) is 9.18. The number of hydrogen-bond donors (Lipinski definition) is 3. The standard InChI is InChI=1S/C20H33F3N6O/c1-5-24-17(28-13-14-7-6-12-30-16(14)19(2,3)4)26-10-11-27-18-25-9-8-15(29-18)20(21,22)23/h8-9,14,16H,5-7,10-13H2,1-4H3,(H2,24,26,28)(H,25,27,29). The molecule has 10 heteroatoms. The van der Waals surface area contributed by atoms with Gasteiger partial charge in [0.25, 0.3) is 0 Å². The van der Waals surface area contributed by atoms with E-state index in [1.807, 2.05) is 6.92 Å². The third-order valence-corrected chi connectivity index (χ3v) is 4.77. The first-order chi connectivity index (χ1) is 14.1. The number of rotatable bonds is 7. The zero-order valence-electron chi connectivity index (χ0n) is 18.1. The molecule has 0 saturated carbocycles. The van der Waals surface area contributed by atoms with Gasteiger partial charge in [0.2, 0.25) is 5.95 Å². The molecule has 0 aliphatic carbocycles. The molecule has 0 aromatic carbocycles. The van der Waals surface area contributed by atoms with Gasteiger partial charge >= 0.3 is 6.18 Å². The van der Waals surface area contributed by atoms with E-state index in [2.05, 4.69) is 46.7 Å². The molecule has 0 spiro atoms. The first-order valence-corrected chi connectivity index (χ1v) is 10.4. The fourth-order valence-electron chi connectivity index (χ4n) is 3.49. The van der Waals surface area contributed by atoms with E-state index in [1.54, 1.807) is 0 Å². The summed E-state index contributed by atoms with van der Waals surface area (Å²) in [6, 6.07) is 0.846. The van der Waals surface area contributed by atoms with Crippen molar-refractivity contribution in [2.24, 2.45) is 16.3 Å². The first kappa shape index (κ1) is 24.2. The second kappa shape index (κ2) is 10.8. The van der Waals surface area contributed by atoms with Gasteiger partial charge in [0, 0.05) is 44.9 Å². The highest BCUT2D eigenvalue weighted by Crippen LogP contribution is 2.34. The predicted molar refractivity (Wildman–Crippen MR) is 111 cm³/mol. The quantitative estimate of drug-likeness (QED) is 0.350. The van der Waals surface area contributed by atoms with Crippen LogP contribution in [0, 0.1) is 11.3 Å². The van der Waals surface area contributed by atoms with Crippen molar-refractivity contribution in [3.63, 3.8) is 0 Å². The Balaban J connectivity index is 1.87. The van der Waals surface area contributed by atoms with Crippen molar-refractivity contribution in [2.45, 2.75) is 52.8 Å². The second-order valence-corrected chi connectivity index (χ2v) is 8.40. The number of halogens is 3. The van der Waals surface area contributed by atoms with Crippen molar-refractivity contribution >= 4 is 11.9 Å². The van der Waals surface area contributed by atoms with Crippen molar-refractivity contribution in [1.82, 2.24) is 20.6 Å². The van der Waals surface area contributed by atoms with E-state index in [0.717, 1.165) is 31.7 Å². The molecule has 1 aliphatic heterocycles. The van der Waals surface area contributed by atoms with Crippen molar-refractivity contribution in [3.05, 3.63) is 18.0 Å². The van der Waals surface area contributed by atoms with E-state index >= 15 is 0 Å². The molecule has 1 aliphatic rings. The number of ether oxygens (including phenoxy) is 1. The number of anilines is 1. The molecule has 0 radical (unpaired) electrons. The van der Waals surface area contributed by atoms with Gasteiger partial charge in [-0.25, -0.2) is 9.97 Å². The number of aromatic nitrogens is 2. The van der Waals surface area contributed by atoms with Crippen LogP contribution in [0.4, 0.5) is 19.1 Å². The van der Waals surface area contributed by atoms with Crippen LogP contribution in [0.3, 0.4) is 0 Å². The maximum atomic E-state index is 12.7. The predicted octanol–water partition coefficient (Wildman–Crippen LogP) is 3.30. The minimum Gasteiger partial charge on any atom is -0.377 e. The third kappa shape index (κ3) is 7.62. The summed E-state index contributed by atoms with van der Waals surface area (Å²) < 4.78 is 44.2. The highest BCUT2D eigenvalue weighted by molar-refractivity contribution is 5.79. The van der Waals surface area contributed by atoms with Gasteiger partial charge < -0.3 is 20.7 Å². The largest absolute Gasteiger partial charge is 0.433 e. The molecule has 3 N–H and O–H groups in total. The van der Waals surface area contributed by atoms with E-state index in [-0.39, 0.29) is 17.5 Å². The van der Waals surface area contributed by atoms with Crippen LogP contribution >= 0.6 is 0 Å². The monoisotopic (exact) mass is 430 g/mol. The number of nitrogens with zero attached hydrogens (tertiary/aromatic N) is 3. The molecule has 1 aromatic rings. The summed E-state index contributed by atoms with van der Waals surface area (Å²) in [6.07, 6.45) is -1.11. The van der Waals surface area contributed by atoms with E-state index in [9.17, 15) is 13.2 Å². The molecule has 2 rings (SSSR count). The minimum atomic E-state index is -4.49. The highest BCUT2D eigenvalue weighted by Gasteiger charge is 2.35. The summed E-state index contributed by atoms with van der Waals surface area (Å²) in [5.41, 5.74) is -0.910. The lowest BCUT2D eigenvalue weighted by molar-refractivity contribution is -0.141. The average molecular weight is 431 g/mol. The molecule has 0 bridgehead atoms. The van der Waals surface area contributed by atoms with Gasteiger partial charge in [0.05, 0.1) is 6.10 Å². The first-order valence-electron chi connectivity index (χ1n) is 10.4. The smallest absolute Gasteiger partial charge is 0.377 e. The molecule has 2 heterocycles. The topological polar surface area (TPSA) is 83.5 Å². The lowest BCUT2D eigenvalue weighted by Crippen LogP contribution is -2.43. The second-order valence-electron chi connectivity index (χ2n) is 8.40. The van der Waals surface area contributed by atoms with Crippen molar-refractivity contribution in [2.75, 3.05) is 38.1 Å². The molecule has 30 heavy (non-hydrogen) atoms. The highest BCUT2D eigenvalue weighted by atomic mass is 19.4. The number of alkyl halides is 3. The summed E-state index contributed by atoms with van der Waals surface area (Å²) in [4.78, 5) is 12.0. The molecule has 1 saturated heterocycles. The number of hydrogen-bond acceptors (Lipinski definition) is 5. The fraction of sp³-hybridized carbons (Fsp3) is 0.750. The number of nitrogens with one attached hydrogen (secondary N) is 3. The maximum absolute atomic E-state index is 12.7. The molecular weight excluding hydrogens is 397 g/mol. The van der Waals surface area contributed by atoms with Crippen LogP contribution in [-0.2, 0) is 10.9 Å². The van der Waals surface area contributed by atoms with Crippen LogP contribution in [0.1, 0.15) is 46.2 Å². The molecule has 170 valence electrons. The van der Waals surface area contributed by atoms with Crippen LogP contribution in [0.15, 0.2) is 17.3 Å². The Morgan fingerprint density at radius 2 is 2.00 bits per heavy atom. The summed E-state index contributed by atoms with van der Waals surface area (Å²) in [6.45, 7) is 11.5. The van der Waals surface area contributed by atoms with Gasteiger partial charge in [-0.3, -0.25) is 4.99 Å². The van der Waals surface area contributed by atoms with Crippen LogP contribution in [0.2, 0.25) is 0 Å². The van der Waals surface area contributed by atoms with Crippen molar-refractivity contribution < 1.29 is 17.9 Å². The van der Waals surface area contributed by atoms with Crippen molar-refractivity contribution in [3.8, 4) is 0 Å². The average Bonchev–Trinajstić information content (AvgIpc) is 2.68. The summed E-state index contributed by atoms with van der Waals surface area (Å²) in [5.74, 6) is 0.967. The Kier molecular flexibility index (Phi) is 8.69. The molecule has 7 nitrogen and oxygen atoms in total. The maximum Gasteiger partial charge on any atom is 0.433 e. The molecular formula is C20H33F3N6O. The van der Waals surface area contributed by atoms with Gasteiger partial charge in [-0.15, -0.1) is 0 Å². The molecule has 0 amide bonds. The minimum absolute atomic E-state index is 0.0547. The SMILES string of the molecule is CCNC(=NCC1CCCOC1C(C)(C)C)NCCNc1nccc(C(F)(F)F)n1. The molecule has 1 fully saturated rings. The van der Waals surface area contributed by atoms with Crippen LogP contribution in [0.25, 0.3) is 0 Å². The lowest BCUT2D eigenvalue weighted by atomic mass is 9.78. The van der Waals surface area contributed by atoms with E-state index in [1.165, 1.54) is 0 Å². The summed E-state index contributed by atoms with van der Waals surface area (Å²) >= 11 is 0. The van der Waals surface area contributed by atoms with Crippen LogP contribution in [0.5, 0.6) is 0 Å². The summed E-state index contributed by atoms with van der Waals surface area (Å²) in [7, 11) is 0. The zero-order valence-corrected chi connectivity index (χ0v) is 18.1. The number of guanidine groups is 1. The Morgan fingerprint density at radius 1 is 1.23 bits per heavy atom. The fourth-order valence-corrected chi connectivity index (χ4v) is 3.49. The van der Waals surface area contributed by atoms with Gasteiger partial charge in [-0.1, -0.05) is 20.8 Å². The van der Waals surface area contributed by atoms with Gasteiger partial charge in [0.1, 0.15) is 5.69 Å². The molecule has 2 atom stereocenters. The Labute approximate surface area is 176 Å². The normalized spacial score (nSPS) is 20.7. The Morgan fingerprint density at radius 3 is 2.67 bits per heavy atom. The Bertz CT molecular complexity index is 690. The molecule has 1 aromatic heterocycles. The molecule has 2 unspecified atom stereocenters. The Hall–Kier alpha value is -2.10. The van der Waals surface area contributed by atoms with Gasteiger partial charge in [-0.2, -0.15) is 13.2 Å². The number of aliphatic imine (C=N–C) groups is 1. The van der Waals surface area contributed by atoms with Gasteiger partial charge in [-0.05, 0) is 31.2 Å². The lowest BCUT2D eigenvalue weighted by Gasteiger charge is -2.39. The van der Waals surface area contributed by atoms with Gasteiger partial charge in [0.15, 0.2) is 5.96 Å². The van der Waals surface area contributed by atoms with Crippen LogP contribution in [-0.4, -0.2) is 54.8 Å². The van der Waals surface area contributed by atoms with Crippen molar-refractivity contribution in [1.29, 1.82) is 0 Å².